The average molecular weight is 403 g/mol. The van der Waals surface area contributed by atoms with Crippen molar-refractivity contribution in [2.24, 2.45) is 5.73 Å². The third kappa shape index (κ3) is 5.92. The number of aromatic nitrogens is 1. The molecule has 1 aliphatic rings. The number of carbonyl (C=O) groups is 2. The molecule has 0 spiro atoms. The van der Waals surface area contributed by atoms with Crippen LogP contribution >= 0.6 is 23.2 Å². The van der Waals surface area contributed by atoms with E-state index in [1.54, 1.807) is 0 Å². The molecule has 0 atom stereocenters. The number of nitrogens with one attached hydrogen (secondary N) is 2. The quantitative estimate of drug-likeness (QED) is 0.664. The zero-order chi connectivity index (χ0) is 19.5. The normalized spacial score (nSPS) is 20.3. The van der Waals surface area contributed by atoms with Gasteiger partial charge in [0.2, 0.25) is 0 Å². The molecule has 1 aromatic rings. The Morgan fingerprint density at radius 1 is 1.19 bits per heavy atom. The highest BCUT2D eigenvalue weighted by atomic mass is 35.5. The number of nitrogens with two attached hydrogens (primary N) is 1. The summed E-state index contributed by atoms with van der Waals surface area (Å²) in [6.07, 6.45) is 2.87. The van der Waals surface area contributed by atoms with Crippen LogP contribution in [0.25, 0.3) is 0 Å². The van der Waals surface area contributed by atoms with E-state index in [4.69, 9.17) is 33.7 Å². The molecule has 4 N–H and O–H groups in total. The summed E-state index contributed by atoms with van der Waals surface area (Å²) in [6.45, 7) is 5.50. The molecule has 1 aliphatic carbocycles. The molecule has 9 heteroatoms. The standard InChI is InChI=1S/C17H24Cl2N4O3/c1-17(2,3)26-16(25)22-10-6-4-9(5-7-10)21-15-12(18)8-11(14(20)24)13(19)23-15/h8-10H,4-7H2,1-3H3,(H2,20,24)(H,21,23)(H,22,25). The zero-order valence-electron chi connectivity index (χ0n) is 15.1. The van der Waals surface area contributed by atoms with Crippen molar-refractivity contribution >= 4 is 41.0 Å². The van der Waals surface area contributed by atoms with Crippen LogP contribution in [0.5, 0.6) is 0 Å². The third-order valence-corrected chi connectivity index (χ3v) is 4.56. The van der Waals surface area contributed by atoms with Gasteiger partial charge in [-0.05, 0) is 52.5 Å². The van der Waals surface area contributed by atoms with E-state index in [9.17, 15) is 9.59 Å². The Bertz CT molecular complexity index is 683. The topological polar surface area (TPSA) is 106 Å². The molecule has 0 radical (unpaired) electrons. The Balaban J connectivity index is 1.88. The molecule has 1 saturated carbocycles. The van der Waals surface area contributed by atoms with Gasteiger partial charge in [-0.2, -0.15) is 0 Å². The van der Waals surface area contributed by atoms with Crippen molar-refractivity contribution in [2.75, 3.05) is 5.32 Å². The minimum absolute atomic E-state index is 0.0182. The highest BCUT2D eigenvalue weighted by molar-refractivity contribution is 6.36. The summed E-state index contributed by atoms with van der Waals surface area (Å²) in [7, 11) is 0. The number of anilines is 1. The molecular formula is C17H24Cl2N4O3. The molecule has 1 fully saturated rings. The van der Waals surface area contributed by atoms with Crippen LogP contribution in [-0.2, 0) is 4.74 Å². The molecule has 0 aliphatic heterocycles. The predicted octanol–water partition coefficient (Wildman–Crippen LogP) is 3.74. The molecule has 1 aromatic heterocycles. The van der Waals surface area contributed by atoms with Crippen molar-refractivity contribution in [3.05, 3.63) is 21.8 Å². The van der Waals surface area contributed by atoms with E-state index in [2.05, 4.69) is 15.6 Å². The molecule has 26 heavy (non-hydrogen) atoms. The number of hydrogen-bond acceptors (Lipinski definition) is 5. The molecule has 0 bridgehead atoms. The first kappa shape index (κ1) is 20.6. The number of amides is 2. The number of carbonyl (C=O) groups excluding carboxylic acids is 2. The molecule has 1 heterocycles. The molecule has 0 unspecified atom stereocenters. The van der Waals surface area contributed by atoms with E-state index in [-0.39, 0.29) is 27.8 Å². The van der Waals surface area contributed by atoms with Crippen molar-refractivity contribution in [3.8, 4) is 0 Å². The van der Waals surface area contributed by atoms with Crippen LogP contribution < -0.4 is 16.4 Å². The van der Waals surface area contributed by atoms with Crippen molar-refractivity contribution in [3.63, 3.8) is 0 Å². The Kier molecular flexibility index (Phi) is 6.58. The molecular weight excluding hydrogens is 379 g/mol. The van der Waals surface area contributed by atoms with Gasteiger partial charge < -0.3 is 21.1 Å². The monoisotopic (exact) mass is 402 g/mol. The number of hydrogen-bond donors (Lipinski definition) is 3. The molecule has 0 aromatic carbocycles. The number of ether oxygens (including phenoxy) is 1. The van der Waals surface area contributed by atoms with Crippen LogP contribution in [0.2, 0.25) is 10.2 Å². The maximum absolute atomic E-state index is 11.8. The lowest BCUT2D eigenvalue weighted by Crippen LogP contribution is -2.42. The number of alkyl carbamates (subject to hydrolysis) is 1. The first-order valence-electron chi connectivity index (χ1n) is 8.47. The lowest BCUT2D eigenvalue weighted by Gasteiger charge is -2.31. The largest absolute Gasteiger partial charge is 0.444 e. The van der Waals surface area contributed by atoms with Crippen molar-refractivity contribution < 1.29 is 14.3 Å². The third-order valence-electron chi connectivity index (χ3n) is 3.98. The van der Waals surface area contributed by atoms with Crippen LogP contribution in [0, 0.1) is 0 Å². The summed E-state index contributed by atoms with van der Waals surface area (Å²) in [6, 6.07) is 1.64. The fourth-order valence-electron chi connectivity index (χ4n) is 2.79. The van der Waals surface area contributed by atoms with Crippen LogP contribution in [0.1, 0.15) is 56.8 Å². The minimum Gasteiger partial charge on any atom is -0.444 e. The maximum atomic E-state index is 11.8. The first-order valence-corrected chi connectivity index (χ1v) is 9.22. The fourth-order valence-corrected chi connectivity index (χ4v) is 3.23. The van der Waals surface area contributed by atoms with Gasteiger partial charge in [-0.15, -0.1) is 0 Å². The highest BCUT2D eigenvalue weighted by Crippen LogP contribution is 2.29. The number of halogens is 2. The fraction of sp³-hybridized carbons (Fsp3) is 0.588. The van der Waals surface area contributed by atoms with Gasteiger partial charge in [0.25, 0.3) is 5.91 Å². The van der Waals surface area contributed by atoms with Crippen molar-refractivity contribution in [1.82, 2.24) is 10.3 Å². The number of primary amides is 1. The smallest absolute Gasteiger partial charge is 0.407 e. The van der Waals surface area contributed by atoms with E-state index in [0.29, 0.717) is 5.82 Å². The van der Waals surface area contributed by atoms with Gasteiger partial charge in [-0.25, -0.2) is 9.78 Å². The predicted molar refractivity (Wildman–Crippen MR) is 102 cm³/mol. The van der Waals surface area contributed by atoms with Crippen molar-refractivity contribution in [2.45, 2.75) is 64.1 Å². The van der Waals surface area contributed by atoms with Gasteiger partial charge in [-0.3, -0.25) is 4.79 Å². The van der Waals surface area contributed by atoms with E-state index in [1.165, 1.54) is 6.07 Å². The molecule has 0 saturated heterocycles. The molecule has 2 amide bonds. The summed E-state index contributed by atoms with van der Waals surface area (Å²) in [5.74, 6) is -0.255. The van der Waals surface area contributed by atoms with Crippen LogP contribution in [0.4, 0.5) is 10.6 Å². The lowest BCUT2D eigenvalue weighted by atomic mass is 9.91. The molecule has 2 rings (SSSR count). The zero-order valence-corrected chi connectivity index (χ0v) is 16.6. The summed E-state index contributed by atoms with van der Waals surface area (Å²) in [5, 5.41) is 6.45. The van der Waals surface area contributed by atoms with Gasteiger partial charge in [-0.1, -0.05) is 23.2 Å². The number of rotatable bonds is 4. The van der Waals surface area contributed by atoms with Crippen LogP contribution in [0.15, 0.2) is 6.07 Å². The lowest BCUT2D eigenvalue weighted by molar-refractivity contribution is 0.0492. The second-order valence-electron chi connectivity index (χ2n) is 7.36. The van der Waals surface area contributed by atoms with Gasteiger partial charge >= 0.3 is 6.09 Å². The second kappa shape index (κ2) is 8.31. The first-order chi connectivity index (χ1) is 12.0. The number of pyridine rings is 1. The summed E-state index contributed by atoms with van der Waals surface area (Å²) in [5.41, 5.74) is 4.80. The van der Waals surface area contributed by atoms with E-state index in [1.807, 2.05) is 20.8 Å². The molecule has 7 nitrogen and oxygen atoms in total. The summed E-state index contributed by atoms with van der Waals surface area (Å²) >= 11 is 12.1. The summed E-state index contributed by atoms with van der Waals surface area (Å²) in [4.78, 5) is 27.2. The molecule has 144 valence electrons. The van der Waals surface area contributed by atoms with Gasteiger partial charge in [0, 0.05) is 12.1 Å². The Hall–Kier alpha value is -1.73. The Morgan fingerprint density at radius 3 is 2.31 bits per heavy atom. The highest BCUT2D eigenvalue weighted by Gasteiger charge is 2.25. The number of nitrogens with zero attached hydrogens (tertiary/aromatic N) is 1. The Labute approximate surface area is 163 Å². The van der Waals surface area contributed by atoms with E-state index >= 15 is 0 Å². The SMILES string of the molecule is CC(C)(C)OC(=O)NC1CCC(Nc2nc(Cl)c(C(N)=O)cc2Cl)CC1. The Morgan fingerprint density at radius 2 is 1.77 bits per heavy atom. The van der Waals surface area contributed by atoms with Crippen LogP contribution in [0.3, 0.4) is 0 Å². The second-order valence-corrected chi connectivity index (χ2v) is 8.13. The summed E-state index contributed by atoms with van der Waals surface area (Å²) < 4.78 is 5.28. The van der Waals surface area contributed by atoms with Gasteiger partial charge in [0.1, 0.15) is 16.6 Å². The van der Waals surface area contributed by atoms with E-state index < -0.39 is 17.6 Å². The van der Waals surface area contributed by atoms with Gasteiger partial charge in [0.15, 0.2) is 0 Å². The van der Waals surface area contributed by atoms with Crippen LogP contribution in [-0.4, -0.2) is 34.7 Å². The average Bonchev–Trinajstić information content (AvgIpc) is 2.50. The maximum Gasteiger partial charge on any atom is 0.407 e. The van der Waals surface area contributed by atoms with Gasteiger partial charge in [0.05, 0.1) is 10.6 Å². The van der Waals surface area contributed by atoms with Crippen molar-refractivity contribution in [1.29, 1.82) is 0 Å². The van der Waals surface area contributed by atoms with E-state index in [0.717, 1.165) is 25.7 Å². The minimum atomic E-state index is -0.676.